The van der Waals surface area contributed by atoms with Crippen LogP contribution in [0.4, 0.5) is 0 Å². The maximum Gasteiger partial charge on any atom is 0.0537 e. The predicted molar refractivity (Wildman–Crippen MR) is 65.2 cm³/mol. The molecule has 1 heterocycles. The van der Waals surface area contributed by atoms with Crippen molar-refractivity contribution >= 4 is 0 Å². The summed E-state index contributed by atoms with van der Waals surface area (Å²) in [5.74, 6) is 0. The Kier molecular flexibility index (Phi) is 4.96. The van der Waals surface area contributed by atoms with Gasteiger partial charge in [-0.3, -0.25) is 4.68 Å². The minimum atomic E-state index is -0.256. The van der Waals surface area contributed by atoms with Crippen LogP contribution >= 0.6 is 0 Å². The molecule has 0 aliphatic rings. The smallest absolute Gasteiger partial charge is 0.0537 e. The third-order valence-corrected chi connectivity index (χ3v) is 2.71. The first kappa shape index (κ1) is 13.2. The Bertz CT molecular complexity index is 309. The molecule has 0 amide bonds. The van der Waals surface area contributed by atoms with E-state index in [0.29, 0.717) is 6.04 Å². The van der Waals surface area contributed by atoms with E-state index in [2.05, 4.69) is 37.4 Å². The van der Waals surface area contributed by atoms with Gasteiger partial charge < -0.3 is 10.4 Å². The van der Waals surface area contributed by atoms with E-state index < -0.39 is 0 Å². The van der Waals surface area contributed by atoms with Crippen molar-refractivity contribution in [1.29, 1.82) is 0 Å². The average Bonchev–Trinajstić information content (AvgIpc) is 2.64. The lowest BCUT2D eigenvalue weighted by Gasteiger charge is -2.20. The lowest BCUT2D eigenvalue weighted by Crippen LogP contribution is -2.31. The number of aliphatic hydroxyl groups is 1. The number of rotatable bonds is 6. The highest BCUT2D eigenvalue weighted by Gasteiger charge is 2.12. The molecular formula is C12H23N3O. The first-order valence-electron chi connectivity index (χ1n) is 5.99. The predicted octanol–water partition coefficient (Wildman–Crippen LogP) is 1.71. The van der Waals surface area contributed by atoms with Crippen LogP contribution in [-0.4, -0.2) is 27.0 Å². The summed E-state index contributed by atoms with van der Waals surface area (Å²) in [6, 6.07) is 0.578. The second-order valence-corrected chi connectivity index (χ2v) is 4.50. The molecule has 92 valence electrons. The molecule has 0 aliphatic heterocycles. The van der Waals surface area contributed by atoms with Crippen molar-refractivity contribution in [2.45, 2.75) is 58.8 Å². The highest BCUT2D eigenvalue weighted by molar-refractivity contribution is 5.09. The molecule has 1 aromatic heterocycles. The maximum absolute atomic E-state index is 9.29. The number of nitrogens with zero attached hydrogens (tertiary/aromatic N) is 2. The van der Waals surface area contributed by atoms with Gasteiger partial charge in [-0.15, -0.1) is 0 Å². The number of aromatic nitrogens is 2. The van der Waals surface area contributed by atoms with Gasteiger partial charge in [0.15, 0.2) is 0 Å². The molecule has 1 rings (SSSR count). The van der Waals surface area contributed by atoms with E-state index in [1.165, 1.54) is 5.56 Å². The van der Waals surface area contributed by atoms with E-state index >= 15 is 0 Å². The Morgan fingerprint density at radius 3 is 2.62 bits per heavy atom. The number of hydrogen-bond donors (Lipinski definition) is 2. The largest absolute Gasteiger partial charge is 0.393 e. The maximum atomic E-state index is 9.29. The molecule has 0 aliphatic carbocycles. The number of aliphatic hydroxyl groups excluding tert-OH is 1. The lowest BCUT2D eigenvalue weighted by atomic mass is 10.1. The number of aryl methyl sites for hydroxylation is 1. The first-order chi connectivity index (χ1) is 7.52. The van der Waals surface area contributed by atoms with Crippen molar-refractivity contribution in [1.82, 2.24) is 15.1 Å². The van der Waals surface area contributed by atoms with Crippen molar-refractivity contribution < 1.29 is 5.11 Å². The topological polar surface area (TPSA) is 50.1 Å². The summed E-state index contributed by atoms with van der Waals surface area (Å²) >= 11 is 0. The van der Waals surface area contributed by atoms with Gasteiger partial charge in [0.2, 0.25) is 0 Å². The summed E-state index contributed by atoms with van der Waals surface area (Å²) in [5.41, 5.74) is 1.19. The molecule has 0 fully saturated rings. The van der Waals surface area contributed by atoms with Gasteiger partial charge in [-0.1, -0.05) is 0 Å². The highest BCUT2D eigenvalue weighted by atomic mass is 16.3. The Hall–Kier alpha value is -0.870. The standard InChI is InChI=1S/C12H23N3O/c1-5-15-8-12(7-13-15)11(4)14-9(2)6-10(3)16/h7-11,14,16H,5-6H2,1-4H3. The fourth-order valence-corrected chi connectivity index (χ4v) is 1.88. The summed E-state index contributed by atoms with van der Waals surface area (Å²) < 4.78 is 1.92. The average molecular weight is 225 g/mol. The van der Waals surface area contributed by atoms with Crippen LogP contribution in [0, 0.1) is 0 Å². The Morgan fingerprint density at radius 1 is 1.44 bits per heavy atom. The van der Waals surface area contributed by atoms with Gasteiger partial charge in [0, 0.05) is 30.4 Å². The molecule has 3 atom stereocenters. The van der Waals surface area contributed by atoms with Crippen molar-refractivity contribution in [2.24, 2.45) is 0 Å². The summed E-state index contributed by atoms with van der Waals surface area (Å²) in [7, 11) is 0. The van der Waals surface area contributed by atoms with Gasteiger partial charge in [-0.05, 0) is 34.1 Å². The minimum Gasteiger partial charge on any atom is -0.393 e. The van der Waals surface area contributed by atoms with Crippen LogP contribution in [0.3, 0.4) is 0 Å². The van der Waals surface area contributed by atoms with Gasteiger partial charge in [-0.25, -0.2) is 0 Å². The Balaban J connectivity index is 2.48. The Morgan fingerprint density at radius 2 is 2.12 bits per heavy atom. The zero-order valence-electron chi connectivity index (χ0n) is 10.6. The van der Waals surface area contributed by atoms with E-state index in [4.69, 9.17) is 0 Å². The molecule has 4 heteroatoms. The van der Waals surface area contributed by atoms with Crippen LogP contribution in [0.15, 0.2) is 12.4 Å². The van der Waals surface area contributed by atoms with Crippen LogP contribution in [0.1, 0.15) is 45.7 Å². The summed E-state index contributed by atoms with van der Waals surface area (Å²) in [5, 5.41) is 17.0. The lowest BCUT2D eigenvalue weighted by molar-refractivity contribution is 0.168. The molecule has 0 saturated carbocycles. The van der Waals surface area contributed by atoms with Crippen LogP contribution in [0.5, 0.6) is 0 Å². The SMILES string of the molecule is CCn1cc(C(C)NC(C)CC(C)O)cn1. The van der Waals surface area contributed by atoms with E-state index in [0.717, 1.165) is 13.0 Å². The van der Waals surface area contributed by atoms with Gasteiger partial charge >= 0.3 is 0 Å². The second kappa shape index (κ2) is 6.01. The molecule has 0 bridgehead atoms. The first-order valence-corrected chi connectivity index (χ1v) is 5.99. The molecule has 0 saturated heterocycles. The van der Waals surface area contributed by atoms with Gasteiger partial charge in [0.05, 0.1) is 12.3 Å². The van der Waals surface area contributed by atoms with Crippen molar-refractivity contribution in [3.8, 4) is 0 Å². The number of nitrogens with one attached hydrogen (secondary N) is 1. The van der Waals surface area contributed by atoms with Crippen LogP contribution in [0.2, 0.25) is 0 Å². The third kappa shape index (κ3) is 3.94. The molecule has 1 aromatic rings. The van der Waals surface area contributed by atoms with E-state index in [9.17, 15) is 5.11 Å². The second-order valence-electron chi connectivity index (χ2n) is 4.50. The summed E-state index contributed by atoms with van der Waals surface area (Å²) in [6.45, 7) is 9.00. The molecule has 0 spiro atoms. The normalized spacial score (nSPS) is 17.1. The quantitative estimate of drug-likeness (QED) is 0.775. The Labute approximate surface area is 97.7 Å². The van der Waals surface area contributed by atoms with Crippen LogP contribution < -0.4 is 5.32 Å². The van der Waals surface area contributed by atoms with Gasteiger partial charge in [0.25, 0.3) is 0 Å². The zero-order chi connectivity index (χ0) is 12.1. The molecule has 0 aromatic carbocycles. The molecule has 0 radical (unpaired) electrons. The number of hydrogen-bond acceptors (Lipinski definition) is 3. The van der Waals surface area contributed by atoms with Gasteiger partial charge in [-0.2, -0.15) is 5.10 Å². The fraction of sp³-hybridized carbons (Fsp3) is 0.750. The van der Waals surface area contributed by atoms with Crippen LogP contribution in [-0.2, 0) is 6.54 Å². The monoisotopic (exact) mass is 225 g/mol. The van der Waals surface area contributed by atoms with E-state index in [1.54, 1.807) is 0 Å². The van der Waals surface area contributed by atoms with Crippen molar-refractivity contribution in [3.63, 3.8) is 0 Å². The summed E-state index contributed by atoms with van der Waals surface area (Å²) in [4.78, 5) is 0. The zero-order valence-corrected chi connectivity index (χ0v) is 10.6. The van der Waals surface area contributed by atoms with Gasteiger partial charge in [0.1, 0.15) is 0 Å². The minimum absolute atomic E-state index is 0.256. The van der Waals surface area contributed by atoms with Crippen LogP contribution in [0.25, 0.3) is 0 Å². The highest BCUT2D eigenvalue weighted by Crippen LogP contribution is 2.13. The van der Waals surface area contributed by atoms with E-state index in [-0.39, 0.29) is 12.1 Å². The molecule has 2 N–H and O–H groups in total. The molecule has 16 heavy (non-hydrogen) atoms. The summed E-state index contributed by atoms with van der Waals surface area (Å²) in [6.07, 6.45) is 4.48. The van der Waals surface area contributed by atoms with E-state index in [1.807, 2.05) is 17.8 Å². The van der Waals surface area contributed by atoms with Crippen molar-refractivity contribution in [2.75, 3.05) is 0 Å². The molecule has 3 unspecified atom stereocenters. The third-order valence-electron chi connectivity index (χ3n) is 2.71. The molecular weight excluding hydrogens is 202 g/mol. The van der Waals surface area contributed by atoms with Crippen molar-refractivity contribution in [3.05, 3.63) is 18.0 Å². The molecule has 4 nitrogen and oxygen atoms in total. The fourth-order valence-electron chi connectivity index (χ4n) is 1.88.